The highest BCUT2D eigenvalue weighted by Crippen LogP contribution is 2.17. The molecule has 0 aliphatic carbocycles. The zero-order chi connectivity index (χ0) is 11.9. The molecule has 0 radical (unpaired) electrons. The van der Waals surface area contributed by atoms with Crippen molar-refractivity contribution in [3.8, 4) is 0 Å². The van der Waals surface area contributed by atoms with Crippen LogP contribution in [0.25, 0.3) is 0 Å². The molecule has 1 amide bonds. The molecule has 7 heteroatoms. The summed E-state index contributed by atoms with van der Waals surface area (Å²) < 4.78 is 36.2. The van der Waals surface area contributed by atoms with Gasteiger partial charge < -0.3 is 4.90 Å². The molecule has 0 saturated carbocycles. The van der Waals surface area contributed by atoms with Gasteiger partial charge in [-0.1, -0.05) is 0 Å². The van der Waals surface area contributed by atoms with Crippen LogP contribution < -0.4 is 0 Å². The fourth-order valence-electron chi connectivity index (χ4n) is 0.958. The number of amides is 1. The average Bonchev–Trinajstić information content (AvgIpc) is 2.11. The SMILES string of the molecule is CSCCC(=O)N(CCCl)CC(F)(F)F. The molecule has 0 atom stereocenters. The van der Waals surface area contributed by atoms with Gasteiger partial charge in [0.05, 0.1) is 0 Å². The first-order valence-corrected chi connectivity index (χ1v) is 6.23. The summed E-state index contributed by atoms with van der Waals surface area (Å²) in [5, 5.41) is 0. The third-order valence-electron chi connectivity index (χ3n) is 1.60. The van der Waals surface area contributed by atoms with Crippen molar-refractivity contribution < 1.29 is 18.0 Å². The van der Waals surface area contributed by atoms with Crippen molar-refractivity contribution in [1.29, 1.82) is 0 Å². The van der Waals surface area contributed by atoms with E-state index in [0.29, 0.717) is 5.75 Å². The number of hydrogen-bond donors (Lipinski definition) is 0. The first-order valence-electron chi connectivity index (χ1n) is 4.30. The van der Waals surface area contributed by atoms with E-state index in [4.69, 9.17) is 11.6 Å². The maximum Gasteiger partial charge on any atom is 0.406 e. The lowest BCUT2D eigenvalue weighted by atomic mass is 10.3. The molecule has 0 saturated heterocycles. The van der Waals surface area contributed by atoms with Gasteiger partial charge in [0.1, 0.15) is 6.54 Å². The maximum atomic E-state index is 12.1. The summed E-state index contributed by atoms with van der Waals surface area (Å²) in [5.74, 6) is 0.0404. The second-order valence-electron chi connectivity index (χ2n) is 2.86. The van der Waals surface area contributed by atoms with E-state index in [1.54, 1.807) is 6.26 Å². The van der Waals surface area contributed by atoms with Crippen molar-refractivity contribution in [3.05, 3.63) is 0 Å². The molecule has 15 heavy (non-hydrogen) atoms. The van der Waals surface area contributed by atoms with E-state index in [1.165, 1.54) is 11.8 Å². The monoisotopic (exact) mass is 263 g/mol. The predicted molar refractivity (Wildman–Crippen MR) is 56.4 cm³/mol. The summed E-state index contributed by atoms with van der Waals surface area (Å²) in [5.41, 5.74) is 0. The summed E-state index contributed by atoms with van der Waals surface area (Å²) in [6, 6.07) is 0. The van der Waals surface area contributed by atoms with Crippen molar-refractivity contribution in [3.63, 3.8) is 0 Å². The van der Waals surface area contributed by atoms with Crippen molar-refractivity contribution in [2.24, 2.45) is 0 Å². The molecule has 0 unspecified atom stereocenters. The van der Waals surface area contributed by atoms with Gasteiger partial charge in [0, 0.05) is 24.6 Å². The van der Waals surface area contributed by atoms with Gasteiger partial charge in [-0.2, -0.15) is 24.9 Å². The molecular weight excluding hydrogens is 251 g/mol. The van der Waals surface area contributed by atoms with E-state index in [2.05, 4.69) is 0 Å². The number of alkyl halides is 4. The minimum atomic E-state index is -4.36. The Morgan fingerprint density at radius 1 is 1.47 bits per heavy atom. The van der Waals surface area contributed by atoms with E-state index in [0.717, 1.165) is 4.90 Å². The molecule has 0 spiro atoms. The summed E-state index contributed by atoms with van der Waals surface area (Å²) in [7, 11) is 0. The Bertz CT molecular complexity index is 201. The van der Waals surface area contributed by atoms with Gasteiger partial charge in [-0.05, 0) is 6.26 Å². The topological polar surface area (TPSA) is 20.3 Å². The Morgan fingerprint density at radius 3 is 2.47 bits per heavy atom. The van der Waals surface area contributed by atoms with Crippen LogP contribution in [0.4, 0.5) is 13.2 Å². The Labute approximate surface area is 96.1 Å². The Balaban J connectivity index is 4.18. The zero-order valence-electron chi connectivity index (χ0n) is 8.31. The highest BCUT2D eigenvalue weighted by molar-refractivity contribution is 7.98. The maximum absolute atomic E-state index is 12.1. The van der Waals surface area contributed by atoms with Crippen LogP contribution in [-0.4, -0.2) is 48.0 Å². The summed E-state index contributed by atoms with van der Waals surface area (Å²) in [4.78, 5) is 12.1. The number of thioether (sulfide) groups is 1. The number of carbonyl (C=O) groups excluding carboxylic acids is 1. The molecule has 0 aliphatic rings. The fraction of sp³-hybridized carbons (Fsp3) is 0.875. The third-order valence-corrected chi connectivity index (χ3v) is 2.38. The first kappa shape index (κ1) is 14.9. The quantitative estimate of drug-likeness (QED) is 0.686. The molecular formula is C8H13ClF3NOS. The fourth-order valence-corrected chi connectivity index (χ4v) is 1.54. The molecule has 0 aromatic carbocycles. The molecule has 0 aromatic rings. The smallest absolute Gasteiger partial charge is 0.332 e. The minimum absolute atomic E-state index is 0.0150. The van der Waals surface area contributed by atoms with Crippen LogP contribution in [0.1, 0.15) is 6.42 Å². The van der Waals surface area contributed by atoms with Gasteiger partial charge in [0.2, 0.25) is 5.91 Å². The van der Waals surface area contributed by atoms with E-state index in [9.17, 15) is 18.0 Å². The van der Waals surface area contributed by atoms with Gasteiger partial charge >= 0.3 is 6.18 Å². The number of halogens is 4. The number of carbonyl (C=O) groups is 1. The minimum Gasteiger partial charge on any atom is -0.332 e. The number of nitrogens with zero attached hydrogens (tertiary/aromatic N) is 1. The second-order valence-corrected chi connectivity index (χ2v) is 4.23. The van der Waals surface area contributed by atoms with Crippen LogP contribution >= 0.6 is 23.4 Å². The predicted octanol–water partition coefficient (Wildman–Crippen LogP) is 2.37. The molecule has 2 nitrogen and oxygen atoms in total. The molecule has 90 valence electrons. The average molecular weight is 264 g/mol. The third kappa shape index (κ3) is 7.79. The summed E-state index contributed by atoms with van der Waals surface area (Å²) in [6.07, 6.45) is -2.45. The van der Waals surface area contributed by atoms with Crippen LogP contribution in [0.3, 0.4) is 0 Å². The molecule has 0 fully saturated rings. The molecule has 0 bridgehead atoms. The van der Waals surface area contributed by atoms with Crippen LogP contribution in [-0.2, 0) is 4.79 Å². The standard InChI is InChI=1S/C8H13ClF3NOS/c1-15-5-2-7(14)13(4-3-9)6-8(10,11)12/h2-6H2,1H3. The molecule has 0 heterocycles. The van der Waals surface area contributed by atoms with E-state index >= 15 is 0 Å². The number of rotatable bonds is 6. The van der Waals surface area contributed by atoms with Gasteiger partial charge in [-0.3, -0.25) is 4.79 Å². The highest BCUT2D eigenvalue weighted by Gasteiger charge is 2.32. The van der Waals surface area contributed by atoms with E-state index < -0.39 is 18.6 Å². The first-order chi connectivity index (χ1) is 6.90. The van der Waals surface area contributed by atoms with Gasteiger partial charge in [0.15, 0.2) is 0 Å². The van der Waals surface area contributed by atoms with Crippen molar-refractivity contribution in [2.45, 2.75) is 12.6 Å². The Morgan fingerprint density at radius 2 is 2.07 bits per heavy atom. The largest absolute Gasteiger partial charge is 0.406 e. The van der Waals surface area contributed by atoms with E-state index in [-0.39, 0.29) is 18.8 Å². The Kier molecular flexibility index (Phi) is 7.17. The van der Waals surface area contributed by atoms with Gasteiger partial charge in [-0.25, -0.2) is 0 Å². The van der Waals surface area contributed by atoms with Gasteiger partial charge in [-0.15, -0.1) is 11.6 Å². The number of hydrogen-bond acceptors (Lipinski definition) is 2. The molecule has 0 aromatic heterocycles. The lowest BCUT2D eigenvalue weighted by molar-refractivity contribution is -0.160. The summed E-state index contributed by atoms with van der Waals surface area (Å²) in [6.45, 7) is -1.28. The van der Waals surface area contributed by atoms with Crippen LogP contribution in [0.5, 0.6) is 0 Å². The van der Waals surface area contributed by atoms with Crippen molar-refractivity contribution in [2.75, 3.05) is 31.0 Å². The summed E-state index contributed by atoms with van der Waals surface area (Å²) >= 11 is 6.76. The zero-order valence-corrected chi connectivity index (χ0v) is 9.88. The normalized spacial score (nSPS) is 11.5. The van der Waals surface area contributed by atoms with Gasteiger partial charge in [0.25, 0.3) is 0 Å². The molecule has 0 aliphatic heterocycles. The molecule has 0 rings (SSSR count). The van der Waals surface area contributed by atoms with Crippen LogP contribution in [0.2, 0.25) is 0 Å². The Hall–Kier alpha value is -0.100. The lowest BCUT2D eigenvalue weighted by Crippen LogP contribution is -2.40. The highest BCUT2D eigenvalue weighted by atomic mass is 35.5. The van der Waals surface area contributed by atoms with Crippen LogP contribution in [0.15, 0.2) is 0 Å². The van der Waals surface area contributed by atoms with E-state index in [1.807, 2.05) is 0 Å². The lowest BCUT2D eigenvalue weighted by Gasteiger charge is -2.22. The second kappa shape index (κ2) is 7.22. The van der Waals surface area contributed by atoms with Crippen molar-refractivity contribution in [1.82, 2.24) is 4.90 Å². The van der Waals surface area contributed by atoms with Crippen LogP contribution in [0, 0.1) is 0 Å². The van der Waals surface area contributed by atoms with Crippen molar-refractivity contribution >= 4 is 29.3 Å². The molecule has 0 N–H and O–H groups in total.